The number of nitrogens with one attached hydrogen (secondary N) is 5. The Bertz CT molecular complexity index is 3360. The van der Waals surface area contributed by atoms with Gasteiger partial charge in [-0.15, -0.1) is 0 Å². The molecule has 0 fully saturated rings. The molecule has 26 nitrogen and oxygen atoms in total. The maximum Gasteiger partial charge on any atom is 0.413 e. The summed E-state index contributed by atoms with van der Waals surface area (Å²) >= 11 is 0. The third-order valence-electron chi connectivity index (χ3n) is 13.2. The average molecular weight is 1350 g/mol. The summed E-state index contributed by atoms with van der Waals surface area (Å²) < 4.78 is 157. The first-order valence-corrected chi connectivity index (χ1v) is 31.2. The number of likely N-dealkylation sites (N-methyl/N-ethyl adjacent to an activating group) is 1. The van der Waals surface area contributed by atoms with Gasteiger partial charge in [-0.2, -0.15) is 26.3 Å². The minimum Gasteiger partial charge on any atom is -0.480 e. The van der Waals surface area contributed by atoms with E-state index in [1.807, 2.05) is 20.8 Å². The predicted octanol–water partition coefficient (Wildman–Crippen LogP) is 9.79. The van der Waals surface area contributed by atoms with E-state index in [0.717, 1.165) is 19.2 Å². The van der Waals surface area contributed by atoms with Crippen molar-refractivity contribution in [1.82, 2.24) is 31.5 Å². The van der Waals surface area contributed by atoms with E-state index in [0.29, 0.717) is 17.7 Å². The lowest BCUT2D eigenvalue weighted by molar-refractivity contribution is -0.146. The van der Waals surface area contributed by atoms with E-state index in [9.17, 15) is 91.7 Å². The van der Waals surface area contributed by atoms with Gasteiger partial charge in [-0.05, 0) is 160 Å². The number of alkyl carbamates (subject to hydrolysis) is 1. The molecule has 0 radical (unpaired) electrons. The Morgan fingerprint density at radius 3 is 1.26 bits per heavy atom. The topological polar surface area (TPSA) is 364 Å². The van der Waals surface area contributed by atoms with Crippen LogP contribution in [-0.4, -0.2) is 151 Å². The largest absolute Gasteiger partial charge is 0.480 e. The van der Waals surface area contributed by atoms with Crippen LogP contribution in [-0.2, 0) is 38.7 Å². The van der Waals surface area contributed by atoms with Gasteiger partial charge in [0.25, 0.3) is 0 Å². The molecule has 4 aromatic rings. The number of unbranched alkanes of at least 4 members (excludes halogenated alkanes) is 2. The summed E-state index contributed by atoms with van der Waals surface area (Å²) in [6.07, 6.45) is -16.2. The minimum absolute atomic E-state index is 0.0103. The number of sulfone groups is 2. The second-order valence-corrected chi connectivity index (χ2v) is 25.2. The molecule has 0 spiro atoms. The van der Waals surface area contributed by atoms with Crippen LogP contribution in [0.1, 0.15) is 85.0 Å². The highest BCUT2D eigenvalue weighted by atomic mass is 32.2. The number of hydrogen-bond acceptors (Lipinski definition) is 18. The van der Waals surface area contributed by atoms with Crippen LogP contribution < -0.4 is 45.5 Å². The van der Waals surface area contributed by atoms with Crippen molar-refractivity contribution in [1.29, 1.82) is 0 Å². The Kier molecular flexibility index (Phi) is 28.6. The van der Waals surface area contributed by atoms with Gasteiger partial charge in [0.1, 0.15) is 48.3 Å². The van der Waals surface area contributed by atoms with Gasteiger partial charge in [-0.25, -0.2) is 55.2 Å². The molecule has 4 aromatic carbocycles. The van der Waals surface area contributed by atoms with Crippen molar-refractivity contribution in [3.05, 3.63) is 97.1 Å². The fourth-order valence-corrected chi connectivity index (χ4v) is 11.0. The highest BCUT2D eigenvalue weighted by Gasteiger charge is 2.32. The van der Waals surface area contributed by atoms with Crippen molar-refractivity contribution in [3.63, 3.8) is 0 Å². The smallest absolute Gasteiger partial charge is 0.413 e. The number of amides is 6. The zero-order chi connectivity index (χ0) is 68.5. The number of carboxylic acids is 2. The molecule has 6 amide bonds. The molecule has 0 aromatic heterocycles. The molecule has 0 aliphatic rings. The number of benzene rings is 4. The van der Waals surface area contributed by atoms with Crippen molar-refractivity contribution < 1.29 is 120 Å². The zero-order valence-electron chi connectivity index (χ0n) is 50.1. The van der Waals surface area contributed by atoms with E-state index in [1.165, 1.54) is 84.9 Å². The lowest BCUT2D eigenvalue weighted by atomic mass is 9.80. The number of hydrogen-bond donors (Lipinski definition) is 7. The maximum atomic E-state index is 13.4. The molecule has 0 bridgehead atoms. The molecule has 3 atom stereocenters. The van der Waals surface area contributed by atoms with Crippen molar-refractivity contribution in [2.24, 2.45) is 11.3 Å². The lowest BCUT2D eigenvalue weighted by Gasteiger charge is -2.28. The Morgan fingerprint density at radius 2 is 0.859 bits per heavy atom. The first-order chi connectivity index (χ1) is 43.0. The van der Waals surface area contributed by atoms with Crippen LogP contribution >= 0.6 is 0 Å². The van der Waals surface area contributed by atoms with Gasteiger partial charge >= 0.3 is 60.9 Å². The summed E-state index contributed by atoms with van der Waals surface area (Å²) in [5, 5.41) is 31.2. The predicted molar refractivity (Wildman–Crippen MR) is 310 cm³/mol. The van der Waals surface area contributed by atoms with Gasteiger partial charge < -0.3 is 65.2 Å². The van der Waals surface area contributed by atoms with Crippen molar-refractivity contribution in [2.45, 2.75) is 129 Å². The number of carboxylic acid groups (broad SMARTS) is 2. The lowest BCUT2D eigenvalue weighted by Crippen LogP contribution is -2.43. The normalized spacial score (nSPS) is 12.8. The van der Waals surface area contributed by atoms with Gasteiger partial charge in [0.15, 0.2) is 0 Å². The minimum atomic E-state index is -4.56. The molecular weight excluding hydrogens is 1280 g/mol. The first kappa shape index (κ1) is 75.4. The molecule has 92 heavy (non-hydrogen) atoms. The van der Waals surface area contributed by atoms with Gasteiger partial charge in [-0.1, -0.05) is 20.8 Å². The number of nitrogens with zero attached hydrogens (tertiary/aromatic N) is 1. The Balaban J connectivity index is 1.12. The van der Waals surface area contributed by atoms with E-state index in [1.54, 1.807) is 0 Å². The van der Waals surface area contributed by atoms with Gasteiger partial charge in [-0.3, -0.25) is 4.90 Å². The summed E-state index contributed by atoms with van der Waals surface area (Å²) in [5.74, 6) is -2.97. The average Bonchev–Trinajstić information content (AvgIpc) is 0.844. The van der Waals surface area contributed by atoms with E-state index < -0.39 is 119 Å². The molecule has 506 valence electrons. The fraction of sp³-hybridized carbons (Fsp3) is 0.448. The molecule has 7 N–H and O–H groups in total. The van der Waals surface area contributed by atoms with E-state index in [-0.39, 0.29) is 119 Å². The van der Waals surface area contributed by atoms with E-state index in [2.05, 4.69) is 36.1 Å². The SMILES string of the molecule is CC(CNC(=O)Oc1ccc(S(=O)(=O)c2ccc(OC(=O)NCCCCC(C(=O)O)N(C)C(=O)OCCC(F)(F)F)cc2)cc1)CC(C)(C)CCNC(=O)Oc1ccc(S(=O)(=O)c2ccc(OC(=O)NC(CCCCNC(=O)OCCC(F)(F)F)C(=O)O)cc2)cc1. The number of alkyl halides is 6. The first-order valence-electron chi connectivity index (χ1n) is 28.2. The Labute approximate surface area is 524 Å². The molecule has 0 heterocycles. The third-order valence-corrected chi connectivity index (χ3v) is 16.7. The van der Waals surface area contributed by atoms with Crippen LogP contribution in [0.4, 0.5) is 55.1 Å². The van der Waals surface area contributed by atoms with Crippen LogP contribution in [0.15, 0.2) is 117 Å². The Hall–Kier alpha value is -9.08. The van der Waals surface area contributed by atoms with Crippen molar-refractivity contribution >= 4 is 68.2 Å². The molecular formula is C58H70F6N6O20S2. The molecule has 0 saturated carbocycles. The van der Waals surface area contributed by atoms with Crippen LogP contribution in [0, 0.1) is 11.3 Å². The van der Waals surface area contributed by atoms with Gasteiger partial charge in [0, 0.05) is 33.2 Å². The number of rotatable bonds is 33. The molecule has 4 rings (SSSR count). The van der Waals surface area contributed by atoms with Crippen LogP contribution in [0.5, 0.6) is 23.0 Å². The van der Waals surface area contributed by atoms with Crippen LogP contribution in [0.3, 0.4) is 0 Å². The fourth-order valence-electron chi connectivity index (χ4n) is 8.46. The molecule has 0 saturated heterocycles. The highest BCUT2D eigenvalue weighted by molar-refractivity contribution is 7.91. The summed E-state index contributed by atoms with van der Waals surface area (Å²) in [6, 6.07) is 16.7. The molecule has 0 aliphatic carbocycles. The zero-order valence-corrected chi connectivity index (χ0v) is 51.7. The second-order valence-electron chi connectivity index (χ2n) is 21.3. The number of carbonyl (C=O) groups is 8. The van der Waals surface area contributed by atoms with Crippen molar-refractivity contribution in [3.8, 4) is 23.0 Å². The van der Waals surface area contributed by atoms with E-state index >= 15 is 0 Å². The number of carbonyl (C=O) groups excluding carboxylic acids is 6. The molecule has 34 heteroatoms. The standard InChI is InChI=1S/C58H70F6N6O20S2/c1-37(36-68-53(78)89-40-15-23-44(24-16-40)91(81,82)42-19-11-38(12-20-42)87-51(76)66-31-8-6-10-47(49(73)74)70(4)55(80)86-34-29-58(62,63)64)35-56(2,3)27-32-67-52(77)88-39-13-21-43(22-14-39)92(83,84)45-25-17-41(18-26-45)90-54(79)69-46(48(71)72)9-5-7-30-65-50(75)85-33-28-57(59,60)61/h11-26,37,46-47H,5-10,27-36H2,1-4H3,(H,65,75)(H,66,76)(H,67,77)(H,68,78)(H,69,79)(H,71,72)(H,73,74). The van der Waals surface area contributed by atoms with Crippen molar-refractivity contribution in [2.75, 3.05) is 46.4 Å². The summed E-state index contributed by atoms with van der Waals surface area (Å²) in [6.45, 7) is 4.33. The highest BCUT2D eigenvalue weighted by Crippen LogP contribution is 2.30. The Morgan fingerprint density at radius 1 is 0.489 bits per heavy atom. The number of aliphatic carboxylic acids is 2. The quantitative estimate of drug-likeness (QED) is 0.0172. The van der Waals surface area contributed by atoms with E-state index in [4.69, 9.17) is 18.9 Å². The van der Waals surface area contributed by atoms with Gasteiger partial charge in [0.05, 0.1) is 32.4 Å². The monoisotopic (exact) mass is 1350 g/mol. The second kappa shape index (κ2) is 34.9. The number of ether oxygens (including phenoxy) is 6. The van der Waals surface area contributed by atoms with Crippen LogP contribution in [0.2, 0.25) is 0 Å². The summed E-state index contributed by atoms with van der Waals surface area (Å²) in [7, 11) is -7.15. The summed E-state index contributed by atoms with van der Waals surface area (Å²) in [5.41, 5.74) is -0.352. The summed E-state index contributed by atoms with van der Waals surface area (Å²) in [4.78, 5) is 97.1. The third kappa shape index (κ3) is 27.2. The van der Waals surface area contributed by atoms with Crippen LogP contribution in [0.25, 0.3) is 0 Å². The molecule has 0 aliphatic heterocycles. The maximum absolute atomic E-state index is 13.4. The number of halogens is 6. The molecule has 3 unspecified atom stereocenters. The van der Waals surface area contributed by atoms with Gasteiger partial charge in [0.2, 0.25) is 19.7 Å².